The van der Waals surface area contributed by atoms with Gasteiger partial charge in [-0.15, -0.1) is 15.7 Å². The highest BCUT2D eigenvalue weighted by Crippen LogP contribution is 2.37. The zero-order chi connectivity index (χ0) is 14.8. The number of anilines is 1. The average Bonchev–Trinajstić information content (AvgIpc) is 2.70. The van der Waals surface area contributed by atoms with E-state index in [-0.39, 0.29) is 10.2 Å². The average molecular weight is 336 g/mol. The molecule has 0 saturated heterocycles. The second-order valence-corrected chi connectivity index (χ2v) is 8.38. The molecule has 0 radical (unpaired) electrons. The maximum atomic E-state index is 12.0. The molecule has 2 rings (SSSR count). The number of nitrogens with zero attached hydrogens (tertiary/aromatic N) is 1. The van der Waals surface area contributed by atoms with Crippen LogP contribution in [0.2, 0.25) is 4.34 Å². The van der Waals surface area contributed by atoms with Crippen LogP contribution in [-0.4, -0.2) is 20.9 Å². The van der Waals surface area contributed by atoms with Crippen molar-refractivity contribution in [2.45, 2.75) is 37.3 Å². The Hall–Kier alpha value is -0.790. The maximum absolute atomic E-state index is 12.0. The minimum atomic E-state index is -3.63. The van der Waals surface area contributed by atoms with E-state index in [0.29, 0.717) is 22.5 Å². The molecule has 0 aliphatic carbocycles. The van der Waals surface area contributed by atoms with Crippen molar-refractivity contribution in [3.63, 3.8) is 0 Å². The fourth-order valence-corrected chi connectivity index (χ4v) is 4.76. The summed E-state index contributed by atoms with van der Waals surface area (Å²) in [5, 5.41) is 6.00. The molecular weight excluding hydrogens is 318 g/mol. The van der Waals surface area contributed by atoms with Gasteiger partial charge in [0.2, 0.25) is 5.96 Å². The lowest BCUT2D eigenvalue weighted by Gasteiger charge is -2.17. The molecule has 1 aromatic rings. The van der Waals surface area contributed by atoms with Crippen molar-refractivity contribution < 1.29 is 8.42 Å². The molecule has 2 heterocycles. The Kier molecular flexibility index (Phi) is 4.93. The molecule has 1 aliphatic heterocycles. The second-order valence-electron chi connectivity index (χ2n) is 4.90. The van der Waals surface area contributed by atoms with Crippen LogP contribution in [-0.2, 0) is 10.0 Å². The lowest BCUT2D eigenvalue weighted by molar-refractivity contribution is 0.484. The number of hydrogen-bond acceptors (Lipinski definition) is 5. The number of rotatable bonds is 5. The smallest absolute Gasteiger partial charge is 0.297 e. The number of nitrogens with one attached hydrogen (secondary N) is 2. The topological polar surface area (TPSA) is 70.6 Å². The van der Waals surface area contributed by atoms with Gasteiger partial charge in [-0.3, -0.25) is 0 Å². The molecule has 1 unspecified atom stereocenters. The summed E-state index contributed by atoms with van der Waals surface area (Å²) in [6, 6.07) is 1.61. The van der Waals surface area contributed by atoms with Crippen LogP contribution in [0.25, 0.3) is 0 Å². The summed E-state index contributed by atoms with van der Waals surface area (Å²) >= 11 is 6.86. The van der Waals surface area contributed by atoms with Crippen molar-refractivity contribution >= 4 is 44.6 Å². The van der Waals surface area contributed by atoms with Crippen LogP contribution in [0.5, 0.6) is 0 Å². The van der Waals surface area contributed by atoms with Crippen LogP contribution < -0.4 is 10.6 Å². The molecule has 0 fully saturated rings. The monoisotopic (exact) mass is 335 g/mol. The second kappa shape index (κ2) is 6.32. The minimum absolute atomic E-state index is 0.174. The largest absolute Gasteiger partial charge is 0.355 e. The highest BCUT2D eigenvalue weighted by atomic mass is 35.5. The van der Waals surface area contributed by atoms with E-state index in [9.17, 15) is 8.42 Å². The van der Waals surface area contributed by atoms with E-state index in [1.165, 1.54) is 6.42 Å². The molecule has 1 aliphatic rings. The molecule has 2 N–H and O–H groups in total. The SMILES string of the molecule is CCCC(C)CCNC1=NS(=O)(=O)c2sc(Cl)cc2N1. The molecule has 20 heavy (non-hydrogen) atoms. The predicted octanol–water partition coefficient (Wildman–Crippen LogP) is 3.29. The van der Waals surface area contributed by atoms with E-state index in [4.69, 9.17) is 11.6 Å². The van der Waals surface area contributed by atoms with Gasteiger partial charge in [-0.1, -0.05) is 38.3 Å². The summed E-state index contributed by atoms with van der Waals surface area (Å²) < 4.78 is 28.3. The van der Waals surface area contributed by atoms with E-state index in [0.717, 1.165) is 24.2 Å². The van der Waals surface area contributed by atoms with Gasteiger partial charge in [0.05, 0.1) is 10.0 Å². The molecule has 8 heteroatoms. The lowest BCUT2D eigenvalue weighted by Crippen LogP contribution is -2.35. The van der Waals surface area contributed by atoms with Crippen LogP contribution in [0.15, 0.2) is 14.7 Å². The molecule has 0 saturated carbocycles. The van der Waals surface area contributed by atoms with Gasteiger partial charge in [0.25, 0.3) is 10.0 Å². The third-order valence-corrected chi connectivity index (χ3v) is 6.13. The van der Waals surface area contributed by atoms with Crippen LogP contribution in [0.4, 0.5) is 5.69 Å². The molecule has 0 amide bonds. The van der Waals surface area contributed by atoms with Gasteiger partial charge in [-0.25, -0.2) is 0 Å². The molecule has 5 nitrogen and oxygen atoms in total. The third-order valence-electron chi connectivity index (χ3n) is 3.08. The number of halogens is 1. The molecular formula is C12H18ClN3O2S2. The summed E-state index contributed by atoms with van der Waals surface area (Å²) in [7, 11) is -3.63. The fraction of sp³-hybridized carbons (Fsp3) is 0.583. The van der Waals surface area contributed by atoms with Crippen LogP contribution in [0, 0.1) is 5.92 Å². The first-order valence-corrected chi connectivity index (χ1v) is 9.21. The first-order valence-electron chi connectivity index (χ1n) is 6.57. The quantitative estimate of drug-likeness (QED) is 0.866. The van der Waals surface area contributed by atoms with E-state index in [1.807, 2.05) is 0 Å². The van der Waals surface area contributed by atoms with Gasteiger partial charge in [0.1, 0.15) is 0 Å². The van der Waals surface area contributed by atoms with E-state index in [2.05, 4.69) is 28.9 Å². The number of guanidine groups is 1. The van der Waals surface area contributed by atoms with Crippen molar-refractivity contribution in [3.05, 3.63) is 10.4 Å². The molecule has 0 bridgehead atoms. The standard InChI is InChI=1S/C12H18ClN3O2S2/c1-3-4-8(2)5-6-14-12-15-9-7-10(13)19-11(9)20(17,18)16-12/h7-8H,3-6H2,1-2H3,(H2,14,15,16). The fourth-order valence-electron chi connectivity index (χ4n) is 2.09. The van der Waals surface area contributed by atoms with Gasteiger partial charge in [-0.2, -0.15) is 8.42 Å². The normalized spacial score (nSPS) is 17.9. The number of sulfonamides is 1. The highest BCUT2D eigenvalue weighted by molar-refractivity contribution is 7.92. The van der Waals surface area contributed by atoms with E-state index < -0.39 is 10.0 Å². The Bertz CT molecular complexity index is 610. The Morgan fingerprint density at radius 1 is 1.50 bits per heavy atom. The van der Waals surface area contributed by atoms with Crippen molar-refractivity contribution in [2.75, 3.05) is 11.9 Å². The minimum Gasteiger partial charge on any atom is -0.355 e. The first-order chi connectivity index (χ1) is 9.42. The third kappa shape index (κ3) is 3.65. The van der Waals surface area contributed by atoms with Gasteiger partial charge in [0.15, 0.2) is 4.21 Å². The van der Waals surface area contributed by atoms with Crippen molar-refractivity contribution in [1.82, 2.24) is 5.32 Å². The zero-order valence-electron chi connectivity index (χ0n) is 11.4. The summed E-state index contributed by atoms with van der Waals surface area (Å²) in [5.74, 6) is 0.884. The summed E-state index contributed by atoms with van der Waals surface area (Å²) in [6.45, 7) is 5.04. The van der Waals surface area contributed by atoms with Crippen molar-refractivity contribution in [2.24, 2.45) is 10.3 Å². The zero-order valence-corrected chi connectivity index (χ0v) is 13.8. The summed E-state index contributed by atoms with van der Waals surface area (Å²) in [4.78, 5) is 0. The Labute approximate surface area is 128 Å². The van der Waals surface area contributed by atoms with E-state index >= 15 is 0 Å². The maximum Gasteiger partial charge on any atom is 0.297 e. The molecule has 1 aromatic heterocycles. The molecule has 0 aromatic carbocycles. The Morgan fingerprint density at radius 2 is 2.25 bits per heavy atom. The number of fused-ring (bicyclic) bond motifs is 1. The van der Waals surface area contributed by atoms with Gasteiger partial charge in [-0.05, 0) is 18.4 Å². The summed E-state index contributed by atoms with van der Waals surface area (Å²) in [6.07, 6.45) is 3.31. The Morgan fingerprint density at radius 3 is 2.95 bits per heavy atom. The Balaban J connectivity index is 1.99. The molecule has 0 spiro atoms. The molecule has 1 atom stereocenters. The molecule has 112 valence electrons. The first kappa shape index (κ1) is 15.6. The van der Waals surface area contributed by atoms with E-state index in [1.54, 1.807) is 6.07 Å². The highest BCUT2D eigenvalue weighted by Gasteiger charge is 2.27. The van der Waals surface area contributed by atoms with Crippen LogP contribution >= 0.6 is 22.9 Å². The van der Waals surface area contributed by atoms with Gasteiger partial charge < -0.3 is 10.6 Å². The van der Waals surface area contributed by atoms with Crippen LogP contribution in [0.3, 0.4) is 0 Å². The van der Waals surface area contributed by atoms with Gasteiger partial charge >= 0.3 is 0 Å². The van der Waals surface area contributed by atoms with Crippen LogP contribution in [0.1, 0.15) is 33.1 Å². The lowest BCUT2D eigenvalue weighted by atomic mass is 10.0. The van der Waals surface area contributed by atoms with Crippen molar-refractivity contribution in [3.8, 4) is 0 Å². The number of thiophene rings is 1. The van der Waals surface area contributed by atoms with Crippen molar-refractivity contribution in [1.29, 1.82) is 0 Å². The summed E-state index contributed by atoms with van der Waals surface area (Å²) in [5.41, 5.74) is 0.499. The predicted molar refractivity (Wildman–Crippen MR) is 84.3 cm³/mol. The number of hydrogen-bond donors (Lipinski definition) is 2. The van der Waals surface area contributed by atoms with Gasteiger partial charge in [0, 0.05) is 6.54 Å².